The number of anilines is 1. The Hall–Kier alpha value is -1.97. The second-order valence-electron chi connectivity index (χ2n) is 4.65. The molecule has 4 heteroatoms. The predicted octanol–water partition coefficient (Wildman–Crippen LogP) is 1.98. The lowest BCUT2D eigenvalue weighted by Crippen LogP contribution is -2.28. The van der Waals surface area contributed by atoms with Crippen molar-refractivity contribution in [2.24, 2.45) is 0 Å². The van der Waals surface area contributed by atoms with E-state index >= 15 is 0 Å². The van der Waals surface area contributed by atoms with Crippen molar-refractivity contribution in [1.82, 2.24) is 9.88 Å². The molecule has 1 aromatic heterocycles. The minimum atomic E-state index is 0.0866. The summed E-state index contributed by atoms with van der Waals surface area (Å²) in [4.78, 5) is 17.2. The van der Waals surface area contributed by atoms with E-state index in [1.54, 1.807) is 6.20 Å². The van der Waals surface area contributed by atoms with E-state index in [0.717, 1.165) is 29.3 Å². The lowest BCUT2D eigenvalue weighted by atomic mass is 10.1. The number of carbonyl (C=O) groups is 1. The monoisotopic (exact) mass is 229 g/mol. The molecule has 88 valence electrons. The second-order valence-corrected chi connectivity index (χ2v) is 4.65. The highest BCUT2D eigenvalue weighted by molar-refractivity contribution is 6.07. The summed E-state index contributed by atoms with van der Waals surface area (Å²) in [7, 11) is 1.87. The quantitative estimate of drug-likeness (QED) is 0.773. The number of benzene rings is 1. The fraction of sp³-hybridized carbons (Fsp3) is 0.308. The average molecular weight is 229 g/mol. The van der Waals surface area contributed by atoms with Gasteiger partial charge in [0.15, 0.2) is 0 Å². The maximum atomic E-state index is 12.3. The van der Waals surface area contributed by atoms with Crippen molar-refractivity contribution in [3.63, 3.8) is 0 Å². The van der Waals surface area contributed by atoms with Gasteiger partial charge in [0, 0.05) is 35.9 Å². The maximum Gasteiger partial charge on any atom is 0.256 e. The van der Waals surface area contributed by atoms with Gasteiger partial charge in [0.1, 0.15) is 0 Å². The van der Waals surface area contributed by atoms with Crippen LogP contribution in [0, 0.1) is 0 Å². The normalized spacial score (nSPS) is 15.1. The Kier molecular flexibility index (Phi) is 2.11. The summed E-state index contributed by atoms with van der Waals surface area (Å²) in [6, 6.07) is 6.00. The van der Waals surface area contributed by atoms with Crippen LogP contribution >= 0.6 is 0 Å². The molecule has 0 radical (unpaired) electrons. The minimum Gasteiger partial charge on any atom is -0.399 e. The highest BCUT2D eigenvalue weighted by Gasteiger charge is 2.30. The minimum absolute atomic E-state index is 0.0866. The summed E-state index contributed by atoms with van der Waals surface area (Å²) in [5.74, 6) is 0.0866. The Morgan fingerprint density at radius 2 is 2.24 bits per heavy atom. The summed E-state index contributed by atoms with van der Waals surface area (Å²) in [5, 5.41) is 0.941. The van der Waals surface area contributed by atoms with E-state index in [4.69, 9.17) is 5.73 Å². The summed E-state index contributed by atoms with van der Waals surface area (Å²) in [6.45, 7) is 0. The Labute approximate surface area is 99.4 Å². The molecule has 1 aromatic carbocycles. The van der Waals surface area contributed by atoms with Gasteiger partial charge in [0.2, 0.25) is 0 Å². The number of nitrogens with zero attached hydrogens (tertiary/aromatic N) is 1. The van der Waals surface area contributed by atoms with E-state index < -0.39 is 0 Å². The summed E-state index contributed by atoms with van der Waals surface area (Å²) < 4.78 is 0. The van der Waals surface area contributed by atoms with Crippen LogP contribution in [0.5, 0.6) is 0 Å². The molecule has 1 fully saturated rings. The van der Waals surface area contributed by atoms with Gasteiger partial charge >= 0.3 is 0 Å². The van der Waals surface area contributed by atoms with Crippen LogP contribution in [0.15, 0.2) is 24.4 Å². The molecule has 3 N–H and O–H groups in total. The van der Waals surface area contributed by atoms with Crippen LogP contribution in [0.3, 0.4) is 0 Å². The number of amides is 1. The number of aromatic nitrogens is 1. The van der Waals surface area contributed by atoms with Crippen molar-refractivity contribution in [3.8, 4) is 0 Å². The zero-order valence-corrected chi connectivity index (χ0v) is 9.73. The van der Waals surface area contributed by atoms with E-state index in [0.29, 0.717) is 11.7 Å². The van der Waals surface area contributed by atoms with Gasteiger partial charge in [-0.05, 0) is 31.0 Å². The number of nitrogen functional groups attached to an aromatic ring is 1. The molecule has 0 unspecified atom stereocenters. The molecule has 1 saturated carbocycles. The molecule has 0 aliphatic heterocycles. The molecule has 17 heavy (non-hydrogen) atoms. The van der Waals surface area contributed by atoms with Gasteiger partial charge in [-0.15, -0.1) is 0 Å². The topological polar surface area (TPSA) is 62.1 Å². The molecule has 0 spiro atoms. The van der Waals surface area contributed by atoms with Crippen LogP contribution in [0.25, 0.3) is 10.9 Å². The van der Waals surface area contributed by atoms with E-state index in [9.17, 15) is 4.79 Å². The van der Waals surface area contributed by atoms with Crippen molar-refractivity contribution >= 4 is 22.5 Å². The van der Waals surface area contributed by atoms with Gasteiger partial charge in [0.25, 0.3) is 5.91 Å². The number of rotatable bonds is 2. The van der Waals surface area contributed by atoms with Crippen LogP contribution in [0.2, 0.25) is 0 Å². The van der Waals surface area contributed by atoms with Gasteiger partial charge in [0.05, 0.1) is 5.56 Å². The summed E-state index contributed by atoms with van der Waals surface area (Å²) in [5.41, 5.74) is 8.06. The van der Waals surface area contributed by atoms with E-state index in [2.05, 4.69) is 4.98 Å². The molecule has 1 aliphatic rings. The third-order valence-corrected chi connectivity index (χ3v) is 3.35. The fourth-order valence-corrected chi connectivity index (χ4v) is 2.14. The number of hydrogen-bond donors (Lipinski definition) is 2. The first-order chi connectivity index (χ1) is 8.16. The van der Waals surface area contributed by atoms with Crippen LogP contribution in [-0.4, -0.2) is 28.9 Å². The maximum absolute atomic E-state index is 12.3. The predicted molar refractivity (Wildman–Crippen MR) is 67.8 cm³/mol. The largest absolute Gasteiger partial charge is 0.399 e. The lowest BCUT2D eigenvalue weighted by molar-refractivity contribution is 0.0787. The van der Waals surface area contributed by atoms with Crippen molar-refractivity contribution in [1.29, 1.82) is 0 Å². The fourth-order valence-electron chi connectivity index (χ4n) is 2.14. The Balaban J connectivity index is 2.02. The highest BCUT2D eigenvalue weighted by Crippen LogP contribution is 2.28. The molecule has 1 heterocycles. The molecular weight excluding hydrogens is 214 g/mol. The number of aromatic amines is 1. The van der Waals surface area contributed by atoms with Crippen molar-refractivity contribution in [2.45, 2.75) is 18.9 Å². The van der Waals surface area contributed by atoms with Gasteiger partial charge < -0.3 is 15.6 Å². The molecule has 0 saturated heterocycles. The standard InChI is InChI=1S/C13H15N3O/c1-16(9-3-4-9)13(17)11-7-15-12-6-8(14)2-5-10(11)12/h2,5-7,9,15H,3-4,14H2,1H3. The van der Waals surface area contributed by atoms with Gasteiger partial charge in [-0.25, -0.2) is 0 Å². The van der Waals surface area contributed by atoms with Crippen molar-refractivity contribution < 1.29 is 4.79 Å². The molecule has 0 bridgehead atoms. The first-order valence-corrected chi connectivity index (χ1v) is 5.80. The van der Waals surface area contributed by atoms with E-state index in [1.165, 1.54) is 0 Å². The van der Waals surface area contributed by atoms with Crippen molar-refractivity contribution in [3.05, 3.63) is 30.0 Å². The first kappa shape index (κ1) is 10.2. The molecule has 1 amide bonds. The van der Waals surface area contributed by atoms with Crippen LogP contribution in [-0.2, 0) is 0 Å². The number of nitrogens with one attached hydrogen (secondary N) is 1. The highest BCUT2D eigenvalue weighted by atomic mass is 16.2. The van der Waals surface area contributed by atoms with Gasteiger partial charge in [-0.3, -0.25) is 4.79 Å². The van der Waals surface area contributed by atoms with Crippen LogP contribution < -0.4 is 5.73 Å². The van der Waals surface area contributed by atoms with E-state index in [1.807, 2.05) is 30.1 Å². The number of hydrogen-bond acceptors (Lipinski definition) is 2. The molecule has 1 aliphatic carbocycles. The lowest BCUT2D eigenvalue weighted by Gasteiger charge is -2.15. The molecule has 2 aromatic rings. The summed E-state index contributed by atoms with van der Waals surface area (Å²) in [6.07, 6.45) is 4.01. The number of nitrogens with two attached hydrogens (primary N) is 1. The second kappa shape index (κ2) is 3.52. The smallest absolute Gasteiger partial charge is 0.256 e. The molecule has 4 nitrogen and oxygen atoms in total. The average Bonchev–Trinajstić information content (AvgIpc) is 3.08. The zero-order chi connectivity index (χ0) is 12.0. The number of carbonyl (C=O) groups excluding carboxylic acids is 1. The molecule has 3 rings (SSSR count). The Bertz CT molecular complexity index is 583. The van der Waals surface area contributed by atoms with Crippen molar-refractivity contribution in [2.75, 3.05) is 12.8 Å². The number of H-pyrrole nitrogens is 1. The third kappa shape index (κ3) is 1.65. The molecular formula is C13H15N3O. The summed E-state index contributed by atoms with van der Waals surface area (Å²) >= 11 is 0. The molecule has 0 atom stereocenters. The number of fused-ring (bicyclic) bond motifs is 1. The Morgan fingerprint density at radius 1 is 1.47 bits per heavy atom. The van der Waals surface area contributed by atoms with E-state index in [-0.39, 0.29) is 5.91 Å². The SMILES string of the molecule is CN(C(=O)c1c[nH]c2cc(N)ccc12)C1CC1. The van der Waals surface area contributed by atoms with Gasteiger partial charge in [-0.1, -0.05) is 0 Å². The van der Waals surface area contributed by atoms with Crippen LogP contribution in [0.4, 0.5) is 5.69 Å². The van der Waals surface area contributed by atoms with Gasteiger partial charge in [-0.2, -0.15) is 0 Å². The first-order valence-electron chi connectivity index (χ1n) is 5.80. The Morgan fingerprint density at radius 3 is 2.94 bits per heavy atom. The van der Waals surface area contributed by atoms with Crippen LogP contribution in [0.1, 0.15) is 23.2 Å². The third-order valence-electron chi connectivity index (χ3n) is 3.35. The zero-order valence-electron chi connectivity index (χ0n) is 9.73.